The lowest BCUT2D eigenvalue weighted by atomic mass is 10.2. The molecule has 0 spiro atoms. The van der Waals surface area contributed by atoms with Crippen LogP contribution < -0.4 is 15.4 Å². The lowest BCUT2D eigenvalue weighted by molar-refractivity contribution is 0.00467. The third-order valence-electron chi connectivity index (χ3n) is 4.62. The van der Waals surface area contributed by atoms with Gasteiger partial charge in [-0.1, -0.05) is 18.2 Å². The van der Waals surface area contributed by atoms with Crippen LogP contribution in [-0.4, -0.2) is 35.3 Å². The Bertz CT molecular complexity index is 938. The fraction of sp³-hybridized carbons (Fsp3) is 0.238. The molecule has 4 rings (SSSR count). The van der Waals surface area contributed by atoms with Gasteiger partial charge in [-0.25, -0.2) is 9.78 Å². The number of hydrogen-bond donors (Lipinski definition) is 2. The Kier molecular flexibility index (Phi) is 5.25. The molecule has 28 heavy (non-hydrogen) atoms. The highest BCUT2D eigenvalue weighted by Crippen LogP contribution is 2.24. The van der Waals surface area contributed by atoms with E-state index in [-0.39, 0.29) is 12.1 Å². The first-order chi connectivity index (χ1) is 13.7. The molecule has 1 unspecified atom stereocenters. The maximum atomic E-state index is 12.0. The number of benzene rings is 2. The summed E-state index contributed by atoms with van der Waals surface area (Å²) in [6, 6.07) is 16.9. The predicted molar refractivity (Wildman–Crippen MR) is 106 cm³/mol. The van der Waals surface area contributed by atoms with Crippen molar-refractivity contribution in [2.45, 2.75) is 19.3 Å². The third-order valence-corrected chi connectivity index (χ3v) is 4.62. The molecule has 1 atom stereocenters. The number of aromatic nitrogens is 2. The number of urea groups is 1. The van der Waals surface area contributed by atoms with Crippen molar-refractivity contribution in [3.8, 4) is 17.0 Å². The van der Waals surface area contributed by atoms with Crippen LogP contribution in [0.15, 0.2) is 60.8 Å². The Labute approximate surface area is 163 Å². The molecule has 144 valence electrons. The number of carbonyl (C=O) groups excluding carboxylic acids is 1. The second-order valence-electron chi connectivity index (χ2n) is 6.56. The van der Waals surface area contributed by atoms with Crippen molar-refractivity contribution in [3.05, 3.63) is 66.6 Å². The van der Waals surface area contributed by atoms with Crippen LogP contribution in [0, 0.1) is 0 Å². The average Bonchev–Trinajstić information content (AvgIpc) is 3.16. The molecule has 0 bridgehead atoms. The second kappa shape index (κ2) is 8.14. The number of hydrogen-bond acceptors (Lipinski definition) is 4. The fourth-order valence-electron chi connectivity index (χ4n) is 3.12. The molecule has 1 aliphatic heterocycles. The number of imidazole rings is 1. The molecule has 0 radical (unpaired) electrons. The van der Waals surface area contributed by atoms with E-state index in [0.29, 0.717) is 19.7 Å². The normalized spacial score (nSPS) is 15.5. The minimum absolute atomic E-state index is 0.105. The molecule has 3 aromatic rings. The fourth-order valence-corrected chi connectivity index (χ4v) is 3.12. The molecule has 7 heteroatoms. The van der Waals surface area contributed by atoms with E-state index in [1.165, 1.54) is 0 Å². The van der Waals surface area contributed by atoms with Crippen molar-refractivity contribution in [3.63, 3.8) is 0 Å². The van der Waals surface area contributed by atoms with Gasteiger partial charge in [0.15, 0.2) is 0 Å². The molecule has 0 saturated heterocycles. The minimum atomic E-state index is -0.245. The maximum absolute atomic E-state index is 12.0. The monoisotopic (exact) mass is 378 g/mol. The van der Waals surface area contributed by atoms with Crippen LogP contribution in [0.3, 0.4) is 0 Å². The number of nitrogens with zero attached hydrogens (tertiary/aromatic N) is 2. The Balaban J connectivity index is 1.34. The van der Waals surface area contributed by atoms with Gasteiger partial charge in [-0.2, -0.15) is 0 Å². The third kappa shape index (κ3) is 4.15. The molecule has 1 aromatic heterocycles. The van der Waals surface area contributed by atoms with Gasteiger partial charge in [0, 0.05) is 24.0 Å². The summed E-state index contributed by atoms with van der Waals surface area (Å²) in [7, 11) is 1.65. The van der Waals surface area contributed by atoms with Gasteiger partial charge < -0.3 is 24.7 Å². The van der Waals surface area contributed by atoms with E-state index in [2.05, 4.69) is 20.2 Å². The molecular formula is C21H22N4O3. The minimum Gasteiger partial charge on any atom is -0.497 e. The highest BCUT2D eigenvalue weighted by molar-refractivity contribution is 5.89. The van der Waals surface area contributed by atoms with Crippen LogP contribution in [0.5, 0.6) is 5.75 Å². The van der Waals surface area contributed by atoms with E-state index in [1.807, 2.05) is 60.8 Å². The SMILES string of the molecule is COc1ccc(-c2cn3c(n2)COC(CNC(=O)Nc2ccccc2)C3)cc1. The average molecular weight is 378 g/mol. The number of carbonyl (C=O) groups is 1. The molecule has 2 amide bonds. The summed E-state index contributed by atoms with van der Waals surface area (Å²) in [6.07, 6.45) is 1.92. The highest BCUT2D eigenvalue weighted by Gasteiger charge is 2.21. The number of fused-ring (bicyclic) bond motifs is 1. The zero-order chi connectivity index (χ0) is 19.3. The van der Waals surface area contributed by atoms with Gasteiger partial charge in [-0.3, -0.25) is 0 Å². The quantitative estimate of drug-likeness (QED) is 0.714. The van der Waals surface area contributed by atoms with Crippen LogP contribution in [0.1, 0.15) is 5.82 Å². The van der Waals surface area contributed by atoms with E-state index in [9.17, 15) is 4.79 Å². The molecule has 7 nitrogen and oxygen atoms in total. The van der Waals surface area contributed by atoms with Gasteiger partial charge in [0.1, 0.15) is 18.2 Å². The number of rotatable bonds is 5. The standard InChI is InChI=1S/C21H22N4O3/c1-27-17-9-7-15(8-10-17)19-13-25-12-18(28-14-20(25)24-19)11-22-21(26)23-16-5-3-2-4-6-16/h2-10,13,18H,11-12,14H2,1H3,(H2,22,23,26). The number of amides is 2. The zero-order valence-corrected chi connectivity index (χ0v) is 15.6. The molecule has 2 N–H and O–H groups in total. The summed E-state index contributed by atoms with van der Waals surface area (Å²) >= 11 is 0. The molecule has 2 heterocycles. The van der Waals surface area contributed by atoms with Crippen LogP contribution >= 0.6 is 0 Å². The van der Waals surface area contributed by atoms with E-state index >= 15 is 0 Å². The summed E-state index contributed by atoms with van der Waals surface area (Å²) in [6.45, 7) is 1.49. The van der Waals surface area contributed by atoms with Gasteiger partial charge in [0.25, 0.3) is 0 Å². The van der Waals surface area contributed by atoms with Crippen LogP contribution in [0.2, 0.25) is 0 Å². The van der Waals surface area contributed by atoms with Gasteiger partial charge >= 0.3 is 6.03 Å². The van der Waals surface area contributed by atoms with Gasteiger partial charge in [0.05, 0.1) is 25.5 Å². The first-order valence-electron chi connectivity index (χ1n) is 9.13. The van der Waals surface area contributed by atoms with Crippen molar-refractivity contribution in [1.29, 1.82) is 0 Å². The Morgan fingerprint density at radius 2 is 2.00 bits per heavy atom. The van der Waals surface area contributed by atoms with Gasteiger partial charge in [0.2, 0.25) is 0 Å². The van der Waals surface area contributed by atoms with Crippen molar-refractivity contribution >= 4 is 11.7 Å². The zero-order valence-electron chi connectivity index (χ0n) is 15.6. The lowest BCUT2D eigenvalue weighted by Gasteiger charge is -2.24. The highest BCUT2D eigenvalue weighted by atomic mass is 16.5. The molecule has 0 aliphatic carbocycles. The molecular weight excluding hydrogens is 356 g/mol. The van der Waals surface area contributed by atoms with Crippen LogP contribution in [0.4, 0.5) is 10.5 Å². The van der Waals surface area contributed by atoms with Crippen molar-refractivity contribution < 1.29 is 14.3 Å². The van der Waals surface area contributed by atoms with Crippen LogP contribution in [-0.2, 0) is 17.9 Å². The topological polar surface area (TPSA) is 77.4 Å². The predicted octanol–water partition coefficient (Wildman–Crippen LogP) is 3.28. The first-order valence-corrected chi connectivity index (χ1v) is 9.13. The van der Waals surface area contributed by atoms with Crippen molar-refractivity contribution in [1.82, 2.24) is 14.9 Å². The van der Waals surface area contributed by atoms with E-state index in [0.717, 1.165) is 28.5 Å². The number of para-hydroxylation sites is 1. The Morgan fingerprint density at radius 3 is 2.75 bits per heavy atom. The smallest absolute Gasteiger partial charge is 0.319 e. The van der Waals surface area contributed by atoms with Crippen LogP contribution in [0.25, 0.3) is 11.3 Å². The van der Waals surface area contributed by atoms with E-state index in [1.54, 1.807) is 7.11 Å². The second-order valence-corrected chi connectivity index (χ2v) is 6.56. The Hall–Kier alpha value is -3.32. The summed E-state index contributed by atoms with van der Waals surface area (Å²) < 4.78 is 13.1. The largest absolute Gasteiger partial charge is 0.497 e. The maximum Gasteiger partial charge on any atom is 0.319 e. The Morgan fingerprint density at radius 1 is 1.21 bits per heavy atom. The number of anilines is 1. The van der Waals surface area contributed by atoms with E-state index < -0.39 is 0 Å². The van der Waals surface area contributed by atoms with E-state index in [4.69, 9.17) is 9.47 Å². The molecule has 0 fully saturated rings. The summed E-state index contributed by atoms with van der Waals surface area (Å²) in [5.74, 6) is 1.70. The summed E-state index contributed by atoms with van der Waals surface area (Å²) in [4.78, 5) is 16.7. The molecule has 0 saturated carbocycles. The number of ether oxygens (including phenoxy) is 2. The van der Waals surface area contributed by atoms with Gasteiger partial charge in [-0.15, -0.1) is 0 Å². The number of methoxy groups -OCH3 is 1. The molecule has 2 aromatic carbocycles. The lowest BCUT2D eigenvalue weighted by Crippen LogP contribution is -2.40. The van der Waals surface area contributed by atoms with Crippen molar-refractivity contribution in [2.75, 3.05) is 19.0 Å². The summed E-state index contributed by atoms with van der Waals surface area (Å²) in [5.41, 5.74) is 2.68. The molecule has 1 aliphatic rings. The first kappa shape index (κ1) is 18.1. The van der Waals surface area contributed by atoms with Crippen molar-refractivity contribution in [2.24, 2.45) is 0 Å². The number of nitrogens with one attached hydrogen (secondary N) is 2. The van der Waals surface area contributed by atoms with Gasteiger partial charge in [-0.05, 0) is 36.4 Å². The summed E-state index contributed by atoms with van der Waals surface area (Å²) in [5, 5.41) is 5.66.